The van der Waals surface area contributed by atoms with Crippen molar-refractivity contribution in [2.75, 3.05) is 0 Å². The molecule has 0 aliphatic heterocycles. The van der Waals surface area contributed by atoms with Crippen molar-refractivity contribution in [1.82, 2.24) is 0 Å². The molecule has 0 aromatic heterocycles. The first kappa shape index (κ1) is 12.3. The number of hydrogen-bond donors (Lipinski definition) is 4. The highest BCUT2D eigenvalue weighted by Crippen LogP contribution is 2.17. The lowest BCUT2D eigenvalue weighted by Crippen LogP contribution is -2.54. The van der Waals surface area contributed by atoms with Crippen LogP contribution in [-0.2, 0) is 4.79 Å². The Hall–Kier alpha value is -0.650. The molecule has 0 heterocycles. The van der Waals surface area contributed by atoms with Gasteiger partial charge in [0.15, 0.2) is 0 Å². The van der Waals surface area contributed by atoms with Gasteiger partial charge in [-0.2, -0.15) is 0 Å². The first-order valence-electron chi connectivity index (χ1n) is 4.34. The van der Waals surface area contributed by atoms with Crippen LogP contribution in [0, 0.1) is 0 Å². The Kier molecular flexibility index (Phi) is 4.90. The molecule has 78 valence electrons. The molecule has 5 nitrogen and oxygen atoms in total. The molecule has 2 unspecified atom stereocenters. The molecule has 13 heavy (non-hydrogen) atoms. The minimum atomic E-state index is -2.20. The summed E-state index contributed by atoms with van der Waals surface area (Å²) in [4.78, 5) is 10.6. The first-order valence-corrected chi connectivity index (χ1v) is 4.34. The number of carbonyl (C=O) groups is 1. The van der Waals surface area contributed by atoms with Gasteiger partial charge in [-0.3, -0.25) is 0 Å². The Morgan fingerprint density at radius 3 is 2.38 bits per heavy atom. The molecule has 0 aliphatic rings. The molecule has 0 fully saturated rings. The molecule has 2 atom stereocenters. The maximum absolute atomic E-state index is 10.6. The summed E-state index contributed by atoms with van der Waals surface area (Å²) in [6, 6.07) is 0. The number of aliphatic hydroxyl groups excluding tert-OH is 1. The van der Waals surface area contributed by atoms with E-state index in [0.29, 0.717) is 6.42 Å². The van der Waals surface area contributed by atoms with E-state index < -0.39 is 17.8 Å². The number of aliphatic hydroxyl groups is 2. The van der Waals surface area contributed by atoms with Gasteiger partial charge in [-0.1, -0.05) is 19.8 Å². The number of carboxylic acid groups (broad SMARTS) is 1. The highest BCUT2D eigenvalue weighted by molar-refractivity contribution is 5.77. The zero-order valence-electron chi connectivity index (χ0n) is 7.73. The van der Waals surface area contributed by atoms with Crippen molar-refractivity contribution in [3.05, 3.63) is 0 Å². The fourth-order valence-electron chi connectivity index (χ4n) is 1.03. The number of unbranched alkanes of at least 4 members (excludes halogenated alkanes) is 2. The predicted molar refractivity (Wildman–Crippen MR) is 46.9 cm³/mol. The van der Waals surface area contributed by atoms with Crippen molar-refractivity contribution >= 4 is 5.97 Å². The first-order chi connectivity index (χ1) is 5.95. The lowest BCUT2D eigenvalue weighted by Gasteiger charge is -2.25. The average molecular weight is 191 g/mol. The van der Waals surface area contributed by atoms with Crippen molar-refractivity contribution in [2.45, 2.75) is 44.4 Å². The summed E-state index contributed by atoms with van der Waals surface area (Å²) >= 11 is 0. The second-order valence-electron chi connectivity index (χ2n) is 3.13. The fraction of sp³-hybridized carbons (Fsp3) is 0.875. The lowest BCUT2D eigenvalue weighted by atomic mass is 9.95. The number of rotatable bonds is 6. The number of hydrogen-bond acceptors (Lipinski definition) is 4. The van der Waals surface area contributed by atoms with Crippen LogP contribution in [0.1, 0.15) is 32.6 Å². The van der Waals surface area contributed by atoms with Crippen molar-refractivity contribution in [3.8, 4) is 0 Å². The lowest BCUT2D eigenvalue weighted by molar-refractivity contribution is -0.172. The third-order valence-corrected chi connectivity index (χ3v) is 2.02. The Balaban J connectivity index is 4.17. The second-order valence-corrected chi connectivity index (χ2v) is 3.13. The normalized spacial score (nSPS) is 17.8. The van der Waals surface area contributed by atoms with Gasteiger partial charge >= 0.3 is 5.97 Å². The van der Waals surface area contributed by atoms with Crippen LogP contribution in [0.4, 0.5) is 0 Å². The molecular weight excluding hydrogens is 174 g/mol. The Morgan fingerprint density at radius 2 is 2.08 bits per heavy atom. The van der Waals surface area contributed by atoms with Crippen LogP contribution >= 0.6 is 0 Å². The van der Waals surface area contributed by atoms with Crippen molar-refractivity contribution in [3.63, 3.8) is 0 Å². The average Bonchev–Trinajstić information content (AvgIpc) is 2.03. The summed E-state index contributed by atoms with van der Waals surface area (Å²) in [5.41, 5.74) is 2.78. The smallest absolute Gasteiger partial charge is 0.339 e. The van der Waals surface area contributed by atoms with E-state index in [-0.39, 0.29) is 6.42 Å². The van der Waals surface area contributed by atoms with Crippen LogP contribution < -0.4 is 5.73 Å². The SMILES string of the molecule is CCCCCC(O)(C(=O)O)C(N)O. The van der Waals surface area contributed by atoms with Gasteiger partial charge in [0.2, 0.25) is 5.60 Å². The van der Waals surface area contributed by atoms with E-state index in [0.717, 1.165) is 12.8 Å². The Labute approximate surface area is 77.2 Å². The molecule has 0 aromatic carbocycles. The summed E-state index contributed by atoms with van der Waals surface area (Å²) in [6.07, 6.45) is 0.502. The summed E-state index contributed by atoms with van der Waals surface area (Å²) in [6.45, 7) is 1.96. The predicted octanol–water partition coefficient (Wildman–Crippen LogP) is -0.340. The van der Waals surface area contributed by atoms with Gasteiger partial charge in [-0.25, -0.2) is 4.79 Å². The van der Waals surface area contributed by atoms with Crippen LogP contribution in [-0.4, -0.2) is 33.1 Å². The summed E-state index contributed by atoms with van der Waals surface area (Å²) in [5.74, 6) is -1.47. The molecule has 0 amide bonds. The third kappa shape index (κ3) is 3.30. The quantitative estimate of drug-likeness (QED) is 0.339. The zero-order chi connectivity index (χ0) is 10.5. The van der Waals surface area contributed by atoms with E-state index in [9.17, 15) is 9.90 Å². The maximum Gasteiger partial charge on any atom is 0.339 e. The summed E-state index contributed by atoms with van der Waals surface area (Å²) in [5, 5.41) is 26.9. The highest BCUT2D eigenvalue weighted by atomic mass is 16.4. The van der Waals surface area contributed by atoms with E-state index >= 15 is 0 Å². The van der Waals surface area contributed by atoms with Crippen molar-refractivity contribution < 1.29 is 20.1 Å². The minimum Gasteiger partial charge on any atom is -0.479 e. The molecule has 5 N–H and O–H groups in total. The number of carboxylic acids is 1. The van der Waals surface area contributed by atoms with Crippen LogP contribution in [0.25, 0.3) is 0 Å². The molecule has 0 bridgehead atoms. The zero-order valence-corrected chi connectivity index (χ0v) is 7.73. The molecule has 0 radical (unpaired) electrons. The molecule has 0 rings (SSSR count). The minimum absolute atomic E-state index is 0.0200. The molecule has 0 saturated heterocycles. The molecule has 0 spiro atoms. The standard InChI is InChI=1S/C8H17NO4/c1-2-3-4-5-8(13,6(9)10)7(11)12/h6,10,13H,2-5,9H2,1H3,(H,11,12). The van der Waals surface area contributed by atoms with Gasteiger partial charge in [-0.05, 0) is 12.8 Å². The van der Waals surface area contributed by atoms with E-state index in [1.54, 1.807) is 0 Å². The monoisotopic (exact) mass is 191 g/mol. The molecular formula is C8H17NO4. The van der Waals surface area contributed by atoms with Crippen LogP contribution in [0.2, 0.25) is 0 Å². The molecule has 5 heteroatoms. The summed E-state index contributed by atoms with van der Waals surface area (Å²) in [7, 11) is 0. The second kappa shape index (κ2) is 5.16. The Bertz CT molecular complexity index is 172. The summed E-state index contributed by atoms with van der Waals surface area (Å²) < 4.78 is 0. The van der Waals surface area contributed by atoms with Gasteiger partial charge in [0, 0.05) is 0 Å². The van der Waals surface area contributed by atoms with E-state index in [1.165, 1.54) is 0 Å². The molecule has 0 saturated carbocycles. The van der Waals surface area contributed by atoms with Crippen LogP contribution in [0.3, 0.4) is 0 Å². The van der Waals surface area contributed by atoms with Crippen LogP contribution in [0.5, 0.6) is 0 Å². The topological polar surface area (TPSA) is 104 Å². The largest absolute Gasteiger partial charge is 0.479 e. The maximum atomic E-state index is 10.6. The number of aliphatic carboxylic acids is 1. The van der Waals surface area contributed by atoms with Crippen LogP contribution in [0.15, 0.2) is 0 Å². The van der Waals surface area contributed by atoms with Gasteiger partial charge in [0.05, 0.1) is 0 Å². The molecule has 0 aromatic rings. The van der Waals surface area contributed by atoms with E-state index in [2.05, 4.69) is 0 Å². The number of nitrogens with two attached hydrogens (primary N) is 1. The third-order valence-electron chi connectivity index (χ3n) is 2.02. The Morgan fingerprint density at radius 1 is 1.54 bits per heavy atom. The van der Waals surface area contributed by atoms with Crippen molar-refractivity contribution in [1.29, 1.82) is 0 Å². The highest BCUT2D eigenvalue weighted by Gasteiger charge is 2.40. The van der Waals surface area contributed by atoms with Gasteiger partial charge in [0.25, 0.3) is 0 Å². The van der Waals surface area contributed by atoms with Crippen molar-refractivity contribution in [2.24, 2.45) is 5.73 Å². The van der Waals surface area contributed by atoms with Gasteiger partial charge < -0.3 is 21.1 Å². The van der Waals surface area contributed by atoms with E-state index in [1.807, 2.05) is 6.92 Å². The van der Waals surface area contributed by atoms with E-state index in [4.69, 9.17) is 15.9 Å². The molecule has 0 aliphatic carbocycles. The fourth-order valence-corrected chi connectivity index (χ4v) is 1.03. The van der Waals surface area contributed by atoms with Gasteiger partial charge in [-0.15, -0.1) is 0 Å². The van der Waals surface area contributed by atoms with Gasteiger partial charge in [0.1, 0.15) is 6.23 Å².